The molecule has 0 saturated heterocycles. The topological polar surface area (TPSA) is 26.0 Å². The van der Waals surface area contributed by atoms with Crippen molar-refractivity contribution in [3.05, 3.63) is 34.6 Å². The van der Waals surface area contributed by atoms with Crippen molar-refractivity contribution >= 4 is 24.0 Å². The van der Waals surface area contributed by atoms with E-state index in [0.717, 1.165) is 6.42 Å². The maximum absolute atomic E-state index is 12.9. The van der Waals surface area contributed by atoms with Crippen LogP contribution in [0.1, 0.15) is 24.9 Å². The third kappa shape index (κ3) is 2.83. The van der Waals surface area contributed by atoms with Crippen molar-refractivity contribution in [2.24, 2.45) is 5.73 Å². The Morgan fingerprint density at radius 1 is 1.54 bits per heavy atom. The molecule has 2 N–H and O–H groups in total. The van der Waals surface area contributed by atoms with Crippen LogP contribution in [0.3, 0.4) is 0 Å². The smallest absolute Gasteiger partial charge is 0.142 e. The number of benzene rings is 1. The highest BCUT2D eigenvalue weighted by Gasteiger charge is 2.10. The molecule has 1 aromatic carbocycles. The van der Waals surface area contributed by atoms with Crippen molar-refractivity contribution in [3.63, 3.8) is 0 Å². The molecule has 13 heavy (non-hydrogen) atoms. The Hall–Kier alpha value is -0.310. The summed E-state index contributed by atoms with van der Waals surface area (Å²) in [6, 6.07) is 4.52. The van der Waals surface area contributed by atoms with Crippen molar-refractivity contribution in [2.75, 3.05) is 0 Å². The molecule has 0 aliphatic carbocycles. The summed E-state index contributed by atoms with van der Waals surface area (Å²) in [6.45, 7) is 1.94. The van der Waals surface area contributed by atoms with Gasteiger partial charge in [-0.3, -0.25) is 0 Å². The number of hydrogen-bond donors (Lipinski definition) is 1. The lowest BCUT2D eigenvalue weighted by Gasteiger charge is -2.10. The predicted octanol–water partition coefficient (Wildman–Crippen LogP) is 3.31. The zero-order chi connectivity index (χ0) is 9.14. The molecule has 4 heteroatoms. The second kappa shape index (κ2) is 5.43. The van der Waals surface area contributed by atoms with Gasteiger partial charge in [0.1, 0.15) is 5.82 Å². The molecule has 0 fully saturated rings. The summed E-state index contributed by atoms with van der Waals surface area (Å²) < 4.78 is 12.9. The fraction of sp³-hybridized carbons (Fsp3) is 0.333. The molecule has 0 spiro atoms. The van der Waals surface area contributed by atoms with Gasteiger partial charge in [0.2, 0.25) is 0 Å². The van der Waals surface area contributed by atoms with Crippen molar-refractivity contribution in [1.82, 2.24) is 0 Å². The van der Waals surface area contributed by atoms with Gasteiger partial charge in [-0.1, -0.05) is 30.7 Å². The largest absolute Gasteiger partial charge is 0.324 e. The fourth-order valence-corrected chi connectivity index (χ4v) is 1.29. The average molecular weight is 224 g/mol. The van der Waals surface area contributed by atoms with Gasteiger partial charge >= 0.3 is 0 Å². The van der Waals surface area contributed by atoms with Gasteiger partial charge < -0.3 is 5.73 Å². The fourth-order valence-electron chi connectivity index (χ4n) is 1.03. The van der Waals surface area contributed by atoms with Crippen LogP contribution >= 0.6 is 24.0 Å². The van der Waals surface area contributed by atoms with E-state index in [1.54, 1.807) is 12.1 Å². The maximum Gasteiger partial charge on any atom is 0.142 e. The first-order chi connectivity index (χ1) is 5.66. The van der Waals surface area contributed by atoms with Crippen LogP contribution in [-0.4, -0.2) is 0 Å². The van der Waals surface area contributed by atoms with Gasteiger partial charge in [-0.25, -0.2) is 4.39 Å². The minimum Gasteiger partial charge on any atom is -0.324 e. The summed E-state index contributed by atoms with van der Waals surface area (Å²) in [6.07, 6.45) is 0.753. The zero-order valence-corrected chi connectivity index (χ0v) is 8.83. The van der Waals surface area contributed by atoms with E-state index in [2.05, 4.69) is 0 Å². The Labute approximate surface area is 88.5 Å². The Morgan fingerprint density at radius 2 is 2.15 bits per heavy atom. The van der Waals surface area contributed by atoms with Crippen LogP contribution in [0.15, 0.2) is 18.2 Å². The van der Waals surface area contributed by atoms with Crippen LogP contribution in [0.2, 0.25) is 5.02 Å². The first-order valence-corrected chi connectivity index (χ1v) is 4.24. The van der Waals surface area contributed by atoms with Gasteiger partial charge in [-0.2, -0.15) is 0 Å². The summed E-state index contributed by atoms with van der Waals surface area (Å²) in [7, 11) is 0. The van der Waals surface area contributed by atoms with E-state index in [1.165, 1.54) is 6.07 Å². The molecule has 74 valence electrons. The highest BCUT2D eigenvalue weighted by Crippen LogP contribution is 2.25. The first-order valence-electron chi connectivity index (χ1n) is 3.86. The number of hydrogen-bond acceptors (Lipinski definition) is 1. The lowest BCUT2D eigenvalue weighted by Crippen LogP contribution is -2.09. The van der Waals surface area contributed by atoms with E-state index in [4.69, 9.17) is 17.3 Å². The van der Waals surface area contributed by atoms with E-state index in [1.807, 2.05) is 6.92 Å². The van der Waals surface area contributed by atoms with Crippen molar-refractivity contribution in [2.45, 2.75) is 19.4 Å². The van der Waals surface area contributed by atoms with Crippen LogP contribution in [0.4, 0.5) is 4.39 Å². The van der Waals surface area contributed by atoms with Gasteiger partial charge in [-0.05, 0) is 18.1 Å². The van der Waals surface area contributed by atoms with Crippen molar-refractivity contribution in [3.8, 4) is 0 Å². The zero-order valence-electron chi connectivity index (χ0n) is 7.26. The van der Waals surface area contributed by atoms with E-state index in [-0.39, 0.29) is 23.5 Å². The molecule has 0 saturated carbocycles. The molecule has 0 radical (unpaired) electrons. The van der Waals surface area contributed by atoms with Gasteiger partial charge in [0.05, 0.1) is 5.02 Å². The molecule has 0 unspecified atom stereocenters. The number of rotatable bonds is 2. The van der Waals surface area contributed by atoms with E-state index >= 15 is 0 Å². The Morgan fingerprint density at radius 3 is 2.69 bits per heavy atom. The minimum atomic E-state index is -0.405. The highest BCUT2D eigenvalue weighted by molar-refractivity contribution is 6.31. The van der Waals surface area contributed by atoms with Crippen molar-refractivity contribution < 1.29 is 4.39 Å². The summed E-state index contributed by atoms with van der Waals surface area (Å²) in [5.74, 6) is -0.405. The third-order valence-corrected chi connectivity index (χ3v) is 2.22. The SMILES string of the molecule is CC[C@H](N)c1cccc(F)c1Cl.Cl. The monoisotopic (exact) mass is 223 g/mol. The quantitative estimate of drug-likeness (QED) is 0.819. The van der Waals surface area contributed by atoms with E-state index < -0.39 is 5.82 Å². The molecule has 1 atom stereocenters. The molecular formula is C9H12Cl2FN. The number of halogens is 3. The minimum absolute atomic E-state index is 0. The lowest BCUT2D eigenvalue weighted by molar-refractivity contribution is 0.617. The normalized spacial score (nSPS) is 12.0. The van der Waals surface area contributed by atoms with Crippen LogP contribution < -0.4 is 5.73 Å². The first kappa shape index (κ1) is 12.7. The Kier molecular flexibility index (Phi) is 5.30. The maximum atomic E-state index is 12.9. The second-order valence-corrected chi connectivity index (χ2v) is 3.04. The van der Waals surface area contributed by atoms with Crippen LogP contribution in [0, 0.1) is 5.82 Å². The van der Waals surface area contributed by atoms with Crippen LogP contribution in [0.25, 0.3) is 0 Å². The van der Waals surface area contributed by atoms with Gasteiger partial charge in [0, 0.05) is 6.04 Å². The van der Waals surface area contributed by atoms with Gasteiger partial charge in [0.15, 0.2) is 0 Å². The molecule has 1 rings (SSSR count). The summed E-state index contributed by atoms with van der Waals surface area (Å²) in [4.78, 5) is 0. The second-order valence-electron chi connectivity index (χ2n) is 2.66. The molecule has 0 aromatic heterocycles. The molecule has 0 aliphatic rings. The molecule has 0 amide bonds. The average Bonchev–Trinajstić information content (AvgIpc) is 2.08. The predicted molar refractivity (Wildman–Crippen MR) is 55.9 cm³/mol. The van der Waals surface area contributed by atoms with Crippen LogP contribution in [-0.2, 0) is 0 Å². The van der Waals surface area contributed by atoms with E-state index in [0.29, 0.717) is 5.56 Å². The molecule has 0 heterocycles. The summed E-state index contributed by atoms with van der Waals surface area (Å²) in [5, 5.41) is 0.145. The molecule has 1 aromatic rings. The Bertz CT molecular complexity index is 278. The standard InChI is InChI=1S/C9H11ClFN.ClH/c1-2-8(12)6-4-3-5-7(11)9(6)10;/h3-5,8H,2,12H2,1H3;1H/t8-;/m0./s1. The highest BCUT2D eigenvalue weighted by atomic mass is 35.5. The summed E-state index contributed by atoms with van der Waals surface area (Å²) >= 11 is 5.71. The van der Waals surface area contributed by atoms with Gasteiger partial charge in [0.25, 0.3) is 0 Å². The van der Waals surface area contributed by atoms with E-state index in [9.17, 15) is 4.39 Å². The summed E-state index contributed by atoms with van der Waals surface area (Å²) in [5.41, 5.74) is 6.39. The molecule has 1 nitrogen and oxygen atoms in total. The third-order valence-electron chi connectivity index (χ3n) is 1.82. The van der Waals surface area contributed by atoms with Gasteiger partial charge in [-0.15, -0.1) is 12.4 Å². The Balaban J connectivity index is 0.00000144. The molecular weight excluding hydrogens is 212 g/mol. The van der Waals surface area contributed by atoms with Crippen molar-refractivity contribution in [1.29, 1.82) is 0 Å². The lowest BCUT2D eigenvalue weighted by atomic mass is 10.1. The van der Waals surface area contributed by atoms with Crippen LogP contribution in [0.5, 0.6) is 0 Å². The molecule has 0 aliphatic heterocycles. The number of nitrogens with two attached hydrogens (primary N) is 1. The molecule has 0 bridgehead atoms.